The van der Waals surface area contributed by atoms with Crippen LogP contribution in [0.1, 0.15) is 25.8 Å². The van der Waals surface area contributed by atoms with Gasteiger partial charge in [0, 0.05) is 38.8 Å². The van der Waals surface area contributed by atoms with Gasteiger partial charge in [0.05, 0.1) is 11.4 Å². The Bertz CT molecular complexity index is 711. The van der Waals surface area contributed by atoms with Crippen molar-refractivity contribution in [2.75, 3.05) is 39.3 Å². The first-order valence-electron chi connectivity index (χ1n) is 9.51. The van der Waals surface area contributed by atoms with E-state index in [1.54, 1.807) is 24.3 Å². The van der Waals surface area contributed by atoms with Gasteiger partial charge < -0.3 is 11.1 Å². The molecule has 1 atom stereocenters. The Morgan fingerprint density at radius 3 is 2.26 bits per heavy atom. The number of amides is 1. The van der Waals surface area contributed by atoms with Gasteiger partial charge in [-0.3, -0.25) is 9.69 Å². The quantitative estimate of drug-likeness (QED) is 0.677. The molecule has 1 amide bonds. The Morgan fingerprint density at radius 1 is 1.15 bits per heavy atom. The fourth-order valence-corrected chi connectivity index (χ4v) is 4.67. The third-order valence-corrected chi connectivity index (χ3v) is 6.68. The first kappa shape index (κ1) is 21.8. The maximum Gasteiger partial charge on any atom is 0.243 e. The van der Waals surface area contributed by atoms with Crippen molar-refractivity contribution >= 4 is 15.9 Å². The molecule has 1 heterocycles. The molecule has 7 nitrogen and oxygen atoms in total. The zero-order chi connectivity index (χ0) is 20.0. The van der Waals surface area contributed by atoms with Crippen LogP contribution in [-0.2, 0) is 14.8 Å². The maximum absolute atomic E-state index is 12.7. The molecule has 0 bridgehead atoms. The zero-order valence-electron chi connectivity index (χ0n) is 16.5. The minimum absolute atomic E-state index is 0.0132. The standard InChI is InChI=1S/C19H32N4O3S/c1-15(2)12-17(13-20)21-19(24)14-22-8-10-23(11-9-22)27(25,26)18-6-4-16(3)5-7-18/h4-7,15,17H,8-14,20H2,1-3H3,(H,21,24). The van der Waals surface area contributed by atoms with Gasteiger partial charge in [0.15, 0.2) is 0 Å². The van der Waals surface area contributed by atoms with E-state index in [1.807, 2.05) is 11.8 Å². The van der Waals surface area contributed by atoms with Crippen LogP contribution in [-0.4, -0.2) is 68.8 Å². The van der Waals surface area contributed by atoms with Crippen molar-refractivity contribution in [3.63, 3.8) is 0 Å². The van der Waals surface area contributed by atoms with Gasteiger partial charge in [0.2, 0.25) is 15.9 Å². The summed E-state index contributed by atoms with van der Waals surface area (Å²) in [5.74, 6) is 0.412. The molecule has 1 aliphatic heterocycles. The smallest absolute Gasteiger partial charge is 0.243 e. The summed E-state index contributed by atoms with van der Waals surface area (Å²) in [6.45, 7) is 8.67. The van der Waals surface area contributed by atoms with Gasteiger partial charge in [-0.2, -0.15) is 4.31 Å². The SMILES string of the molecule is Cc1ccc(S(=O)(=O)N2CCN(CC(=O)NC(CN)CC(C)C)CC2)cc1. The lowest BCUT2D eigenvalue weighted by Gasteiger charge is -2.33. The summed E-state index contributed by atoms with van der Waals surface area (Å²) in [5, 5.41) is 2.98. The van der Waals surface area contributed by atoms with E-state index in [4.69, 9.17) is 5.73 Å². The van der Waals surface area contributed by atoms with Crippen LogP contribution in [0.25, 0.3) is 0 Å². The summed E-state index contributed by atoms with van der Waals surface area (Å²) in [6.07, 6.45) is 0.852. The van der Waals surface area contributed by atoms with Gasteiger partial charge in [0.1, 0.15) is 0 Å². The van der Waals surface area contributed by atoms with Crippen molar-refractivity contribution in [3.05, 3.63) is 29.8 Å². The molecule has 1 aromatic carbocycles. The second-order valence-corrected chi connectivity index (χ2v) is 9.56. The molecule has 1 aromatic rings. The Kier molecular flexibility index (Phi) is 7.79. The van der Waals surface area contributed by atoms with E-state index >= 15 is 0 Å². The predicted octanol–water partition coefficient (Wildman–Crippen LogP) is 0.791. The van der Waals surface area contributed by atoms with Crippen LogP contribution in [0, 0.1) is 12.8 Å². The number of sulfonamides is 1. The number of benzene rings is 1. The van der Waals surface area contributed by atoms with Crippen LogP contribution in [0.15, 0.2) is 29.2 Å². The summed E-state index contributed by atoms with van der Waals surface area (Å²) >= 11 is 0. The Labute approximate surface area is 163 Å². The third-order valence-electron chi connectivity index (χ3n) is 4.76. The number of carbonyl (C=O) groups is 1. The number of aryl methyl sites for hydroxylation is 1. The van der Waals surface area contributed by atoms with Crippen molar-refractivity contribution in [1.82, 2.24) is 14.5 Å². The molecule has 27 heavy (non-hydrogen) atoms. The maximum atomic E-state index is 12.7. The van der Waals surface area contributed by atoms with Crippen molar-refractivity contribution in [2.24, 2.45) is 11.7 Å². The molecule has 1 aliphatic rings. The number of carbonyl (C=O) groups excluding carboxylic acids is 1. The second-order valence-electron chi connectivity index (χ2n) is 7.62. The van der Waals surface area contributed by atoms with Gasteiger partial charge in [-0.25, -0.2) is 8.42 Å². The van der Waals surface area contributed by atoms with Gasteiger partial charge >= 0.3 is 0 Å². The Balaban J connectivity index is 1.86. The molecule has 0 aliphatic carbocycles. The van der Waals surface area contributed by atoms with Crippen LogP contribution in [0.2, 0.25) is 0 Å². The molecule has 1 saturated heterocycles. The number of nitrogens with one attached hydrogen (secondary N) is 1. The molecule has 1 unspecified atom stereocenters. The lowest BCUT2D eigenvalue weighted by atomic mass is 10.0. The van der Waals surface area contributed by atoms with Crippen LogP contribution >= 0.6 is 0 Å². The van der Waals surface area contributed by atoms with E-state index in [0.29, 0.717) is 43.5 Å². The first-order chi connectivity index (χ1) is 12.7. The molecule has 0 saturated carbocycles. The van der Waals surface area contributed by atoms with Crippen LogP contribution in [0.4, 0.5) is 0 Å². The van der Waals surface area contributed by atoms with Crippen LogP contribution in [0.3, 0.4) is 0 Å². The highest BCUT2D eigenvalue weighted by Crippen LogP contribution is 2.18. The third kappa shape index (κ3) is 6.27. The molecule has 152 valence electrons. The monoisotopic (exact) mass is 396 g/mol. The summed E-state index contributed by atoms with van der Waals surface area (Å²) in [4.78, 5) is 14.6. The van der Waals surface area contributed by atoms with Crippen molar-refractivity contribution in [1.29, 1.82) is 0 Å². The zero-order valence-corrected chi connectivity index (χ0v) is 17.3. The van der Waals surface area contributed by atoms with Crippen molar-refractivity contribution in [2.45, 2.75) is 38.1 Å². The highest BCUT2D eigenvalue weighted by atomic mass is 32.2. The van der Waals surface area contributed by atoms with Crippen LogP contribution in [0.5, 0.6) is 0 Å². The van der Waals surface area contributed by atoms with Crippen molar-refractivity contribution in [3.8, 4) is 0 Å². The van der Waals surface area contributed by atoms with Crippen LogP contribution < -0.4 is 11.1 Å². The summed E-state index contributed by atoms with van der Waals surface area (Å²) in [5.41, 5.74) is 6.76. The number of hydrogen-bond donors (Lipinski definition) is 2. The highest BCUT2D eigenvalue weighted by Gasteiger charge is 2.29. The minimum atomic E-state index is -3.48. The molecule has 8 heteroatoms. The number of rotatable bonds is 8. The molecule has 2 rings (SSSR count). The van der Waals surface area contributed by atoms with E-state index in [9.17, 15) is 13.2 Å². The van der Waals surface area contributed by atoms with E-state index in [0.717, 1.165) is 12.0 Å². The lowest BCUT2D eigenvalue weighted by molar-refractivity contribution is -0.123. The van der Waals surface area contributed by atoms with Gasteiger partial charge in [-0.15, -0.1) is 0 Å². The normalized spacial score (nSPS) is 17.8. The lowest BCUT2D eigenvalue weighted by Crippen LogP contribution is -2.52. The Morgan fingerprint density at radius 2 is 1.74 bits per heavy atom. The molecule has 1 fully saturated rings. The van der Waals surface area contributed by atoms with E-state index in [2.05, 4.69) is 19.2 Å². The largest absolute Gasteiger partial charge is 0.351 e. The molecule has 0 spiro atoms. The second kappa shape index (κ2) is 9.64. The first-order valence-corrected chi connectivity index (χ1v) is 10.9. The molecule has 0 radical (unpaired) electrons. The number of nitrogens with zero attached hydrogens (tertiary/aromatic N) is 2. The van der Waals surface area contributed by atoms with E-state index in [1.165, 1.54) is 4.31 Å². The van der Waals surface area contributed by atoms with Crippen molar-refractivity contribution < 1.29 is 13.2 Å². The average molecular weight is 397 g/mol. The molecular formula is C19H32N4O3S. The minimum Gasteiger partial charge on any atom is -0.351 e. The number of piperazine rings is 1. The molecular weight excluding hydrogens is 364 g/mol. The van der Waals surface area contributed by atoms with Gasteiger partial charge in [-0.1, -0.05) is 31.5 Å². The number of nitrogens with two attached hydrogens (primary N) is 1. The van der Waals surface area contributed by atoms with Gasteiger partial charge in [0.25, 0.3) is 0 Å². The fraction of sp³-hybridized carbons (Fsp3) is 0.632. The highest BCUT2D eigenvalue weighted by molar-refractivity contribution is 7.89. The summed E-state index contributed by atoms with van der Waals surface area (Å²) in [6, 6.07) is 6.88. The fourth-order valence-electron chi connectivity index (χ4n) is 3.25. The Hall–Kier alpha value is -1.48. The summed E-state index contributed by atoms with van der Waals surface area (Å²) in [7, 11) is -3.48. The molecule has 0 aromatic heterocycles. The van der Waals surface area contributed by atoms with E-state index in [-0.39, 0.29) is 18.5 Å². The summed E-state index contributed by atoms with van der Waals surface area (Å²) < 4.78 is 27.0. The number of hydrogen-bond acceptors (Lipinski definition) is 5. The topological polar surface area (TPSA) is 95.7 Å². The molecule has 3 N–H and O–H groups in total. The predicted molar refractivity (Wildman–Crippen MR) is 107 cm³/mol. The average Bonchev–Trinajstić information content (AvgIpc) is 2.61. The van der Waals surface area contributed by atoms with E-state index < -0.39 is 10.0 Å². The van der Waals surface area contributed by atoms with Gasteiger partial charge in [-0.05, 0) is 31.4 Å².